The number of aromatic nitrogens is 3. The minimum atomic E-state index is -2.30. The molecule has 0 radical (unpaired) electrons. The highest BCUT2D eigenvalue weighted by atomic mass is 31.2. The largest absolute Gasteiger partial charge is 0.419 e. The van der Waals surface area contributed by atoms with E-state index in [-0.39, 0.29) is 0 Å². The molecule has 0 saturated heterocycles. The van der Waals surface area contributed by atoms with E-state index in [1.54, 1.807) is 55.9 Å². The summed E-state index contributed by atoms with van der Waals surface area (Å²) in [5.41, 5.74) is 20.6. The number of nitrogens with zero attached hydrogens (tertiary/aromatic N) is 4. The number of hydrogen-bond donors (Lipinski definition) is 0. The Hall–Kier alpha value is -2.71. The minimum absolute atomic E-state index is 0.452. The first-order valence-electron chi connectivity index (χ1n) is 16.6. The highest BCUT2D eigenvalue weighted by Crippen LogP contribution is 2.77. The van der Waals surface area contributed by atoms with Gasteiger partial charge in [-0.2, -0.15) is 17.7 Å². The summed E-state index contributed by atoms with van der Waals surface area (Å²) in [6.07, 6.45) is 17.9. The topological polar surface area (TPSA) is 18.0 Å². The predicted octanol–water partition coefficient (Wildman–Crippen LogP) is 7.08. The lowest BCUT2D eigenvalue weighted by atomic mass is 9.94. The summed E-state index contributed by atoms with van der Waals surface area (Å²) >= 11 is 0. The summed E-state index contributed by atoms with van der Waals surface area (Å²) in [5.74, 6) is 0. The minimum Gasteiger partial charge on any atom is -0.181 e. The van der Waals surface area contributed by atoms with Gasteiger partial charge in [0.2, 0.25) is 0 Å². The van der Waals surface area contributed by atoms with Gasteiger partial charge in [-0.3, -0.25) is 0 Å². The van der Waals surface area contributed by atoms with Crippen LogP contribution in [0.5, 0.6) is 0 Å². The van der Waals surface area contributed by atoms with Crippen molar-refractivity contribution in [1.82, 2.24) is 17.7 Å². The van der Waals surface area contributed by atoms with Gasteiger partial charge in [-0.1, -0.05) is 55.4 Å². The standard InChI is InChI=1S/C36H46N4P/c1-9-21-22(10-2)30-18-32-25(13-5)26(14-6)34-20-36-28(16-8)27(15-7)35-19-33-24(12-4)23(11-3)31-17-29(21)37(30)41(38(31)33,39(32)34)40(35)36/h17-19,34H,9-16,20H2,1-8H3/q+1. The quantitative estimate of drug-likeness (QED) is 0.267. The van der Waals surface area contributed by atoms with Crippen LogP contribution in [-0.2, 0) is 44.9 Å². The predicted molar refractivity (Wildman–Crippen MR) is 174 cm³/mol. The SMILES string of the molecule is CCC1=C(CC)C2Cc3c(CC)c(CC)c4n3[P+]35N2C1=Cc1c(CC)c(CC)c(n13)C=c1c(CC)c(CC)c(n15)=C4. The maximum absolute atomic E-state index is 3.03. The van der Waals surface area contributed by atoms with Crippen molar-refractivity contribution in [2.45, 2.75) is 119 Å². The maximum Gasteiger partial charge on any atom is 0.419 e. The Morgan fingerprint density at radius 1 is 0.561 bits per heavy atom. The van der Waals surface area contributed by atoms with E-state index in [1.807, 2.05) is 0 Å². The molecule has 1 spiro atoms. The molecule has 0 fully saturated rings. The van der Waals surface area contributed by atoms with Crippen molar-refractivity contribution in [2.75, 3.05) is 0 Å². The Kier molecular flexibility index (Phi) is 5.48. The Labute approximate surface area is 246 Å². The summed E-state index contributed by atoms with van der Waals surface area (Å²) in [5, 5.41) is 3.01. The van der Waals surface area contributed by atoms with Gasteiger partial charge in [0.05, 0.1) is 45.2 Å². The van der Waals surface area contributed by atoms with E-state index >= 15 is 0 Å². The first-order chi connectivity index (χ1) is 20.0. The second-order valence-corrected chi connectivity index (χ2v) is 15.1. The zero-order chi connectivity index (χ0) is 28.5. The molecular weight excluding hydrogens is 519 g/mol. The van der Waals surface area contributed by atoms with E-state index < -0.39 is 7.87 Å². The summed E-state index contributed by atoms with van der Waals surface area (Å²) in [6, 6.07) is 0.452. The molecule has 214 valence electrons. The van der Waals surface area contributed by atoms with E-state index in [0.717, 1.165) is 57.8 Å². The van der Waals surface area contributed by atoms with Crippen LogP contribution in [0.25, 0.3) is 18.2 Å². The van der Waals surface area contributed by atoms with Gasteiger partial charge in [0.15, 0.2) is 0 Å². The molecule has 0 bridgehead atoms. The average molecular weight is 566 g/mol. The van der Waals surface area contributed by atoms with E-state index in [9.17, 15) is 0 Å². The second kappa shape index (κ2) is 8.66. The van der Waals surface area contributed by atoms with Gasteiger partial charge in [0, 0.05) is 6.42 Å². The van der Waals surface area contributed by atoms with Crippen LogP contribution in [0.3, 0.4) is 0 Å². The van der Waals surface area contributed by atoms with Crippen LogP contribution < -0.4 is 10.7 Å². The Balaban J connectivity index is 1.69. The van der Waals surface area contributed by atoms with Crippen LogP contribution in [0.15, 0.2) is 16.8 Å². The van der Waals surface area contributed by atoms with Gasteiger partial charge in [-0.15, -0.1) is 0 Å². The van der Waals surface area contributed by atoms with Crippen molar-refractivity contribution in [3.63, 3.8) is 0 Å². The molecule has 0 aliphatic carbocycles. The molecule has 0 N–H and O–H groups in total. The van der Waals surface area contributed by atoms with Crippen molar-refractivity contribution in [2.24, 2.45) is 0 Å². The molecule has 5 aliphatic rings. The molecule has 41 heavy (non-hydrogen) atoms. The maximum atomic E-state index is 3.03. The number of rotatable bonds is 8. The van der Waals surface area contributed by atoms with Crippen molar-refractivity contribution < 1.29 is 0 Å². The highest BCUT2D eigenvalue weighted by molar-refractivity contribution is 7.70. The molecule has 8 heterocycles. The Morgan fingerprint density at radius 3 is 1.59 bits per heavy atom. The fourth-order valence-corrected chi connectivity index (χ4v) is 14.9. The molecule has 0 aromatic carbocycles. The molecule has 3 aromatic heterocycles. The van der Waals surface area contributed by atoms with Crippen LogP contribution >= 0.6 is 7.87 Å². The normalized spacial score (nSPS) is 22.1. The van der Waals surface area contributed by atoms with E-state index in [0.29, 0.717) is 6.04 Å². The molecule has 5 heteroatoms. The molecule has 3 aromatic rings. The first kappa shape index (κ1) is 26.0. The van der Waals surface area contributed by atoms with E-state index in [1.165, 1.54) is 27.8 Å². The van der Waals surface area contributed by atoms with Crippen LogP contribution in [0.2, 0.25) is 0 Å². The fraction of sp³-hybridized carbons (Fsp3) is 0.500. The highest BCUT2D eigenvalue weighted by Gasteiger charge is 2.69. The molecule has 0 saturated carbocycles. The van der Waals surface area contributed by atoms with Crippen molar-refractivity contribution in [1.29, 1.82) is 0 Å². The molecule has 2 unspecified atom stereocenters. The third-order valence-electron chi connectivity index (χ3n) is 11.2. The lowest BCUT2D eigenvalue weighted by Gasteiger charge is -2.48. The average Bonchev–Trinajstić information content (AvgIpc) is 3.69. The third-order valence-corrected chi connectivity index (χ3v) is 15.2. The second-order valence-electron chi connectivity index (χ2n) is 12.4. The van der Waals surface area contributed by atoms with Gasteiger partial charge in [-0.05, 0) is 114 Å². The zero-order valence-electron chi connectivity index (χ0n) is 26.4. The summed E-state index contributed by atoms with van der Waals surface area (Å²) in [7, 11) is -2.30. The molecule has 2 atom stereocenters. The van der Waals surface area contributed by atoms with Gasteiger partial charge in [0.25, 0.3) is 0 Å². The number of hydrogen-bond acceptors (Lipinski definition) is 1. The monoisotopic (exact) mass is 565 g/mol. The molecule has 8 rings (SSSR count). The van der Waals surface area contributed by atoms with Crippen molar-refractivity contribution in [3.05, 3.63) is 83.7 Å². The van der Waals surface area contributed by atoms with Gasteiger partial charge < -0.3 is 0 Å². The lowest BCUT2D eigenvalue weighted by Crippen LogP contribution is -2.54. The van der Waals surface area contributed by atoms with Gasteiger partial charge in [-0.25, -0.2) is 0 Å². The smallest absolute Gasteiger partial charge is 0.181 e. The van der Waals surface area contributed by atoms with E-state index in [4.69, 9.17) is 0 Å². The zero-order valence-corrected chi connectivity index (χ0v) is 27.3. The Bertz CT molecular complexity index is 1870. The molecule has 0 amide bonds. The summed E-state index contributed by atoms with van der Waals surface area (Å²) in [6.45, 7) is 19.1. The summed E-state index contributed by atoms with van der Waals surface area (Å²) < 4.78 is 11.9. The molecule has 5 aliphatic heterocycles. The molecular formula is C36H46N4P+. The fourth-order valence-electron chi connectivity index (χ4n) is 9.84. The number of allylic oxidation sites excluding steroid dienone is 1. The summed E-state index contributed by atoms with van der Waals surface area (Å²) in [4.78, 5) is 0. The van der Waals surface area contributed by atoms with Gasteiger partial charge >= 0.3 is 7.87 Å². The van der Waals surface area contributed by atoms with Gasteiger partial charge in [0.1, 0.15) is 0 Å². The van der Waals surface area contributed by atoms with Crippen molar-refractivity contribution in [3.8, 4) is 0 Å². The van der Waals surface area contributed by atoms with Crippen LogP contribution in [0.4, 0.5) is 0 Å². The van der Waals surface area contributed by atoms with Crippen LogP contribution in [-0.4, -0.2) is 23.7 Å². The van der Waals surface area contributed by atoms with Crippen LogP contribution in [0, 0.1) is 0 Å². The van der Waals surface area contributed by atoms with Crippen LogP contribution in [0.1, 0.15) is 124 Å². The van der Waals surface area contributed by atoms with E-state index in [2.05, 4.69) is 91.3 Å². The Morgan fingerprint density at radius 2 is 1.07 bits per heavy atom. The third kappa shape index (κ3) is 2.61. The molecule has 4 nitrogen and oxygen atoms in total. The van der Waals surface area contributed by atoms with Crippen molar-refractivity contribution >= 4 is 26.1 Å². The lowest BCUT2D eigenvalue weighted by molar-refractivity contribution is 0.418. The first-order valence-corrected chi connectivity index (χ1v) is 18.2.